The van der Waals surface area contributed by atoms with Crippen molar-refractivity contribution in [1.29, 1.82) is 0 Å². The molecule has 4 aromatic rings. The number of oxime groups is 1. The number of aliphatic imine (C=N–C) groups is 1. The molecule has 0 spiro atoms. The van der Waals surface area contributed by atoms with Gasteiger partial charge in [-0.05, 0) is 91.4 Å². The normalized spacial score (nSPS) is 19.8. The lowest BCUT2D eigenvalue weighted by Crippen LogP contribution is -2.54. The first kappa shape index (κ1) is 34.5. The lowest BCUT2D eigenvalue weighted by Gasteiger charge is -2.38. The van der Waals surface area contributed by atoms with Crippen LogP contribution in [0.1, 0.15) is 67.8 Å². The van der Waals surface area contributed by atoms with E-state index in [1.54, 1.807) is 24.7 Å². The van der Waals surface area contributed by atoms with Crippen LogP contribution in [0.2, 0.25) is 0 Å². The number of rotatable bonds is 7. The summed E-state index contributed by atoms with van der Waals surface area (Å²) in [5.74, 6) is -2.02. The zero-order chi connectivity index (χ0) is 37.5. The Balaban J connectivity index is 0.961. The molecule has 272 valence electrons. The number of anilines is 2. The maximum absolute atomic E-state index is 13.6. The second-order valence-corrected chi connectivity index (χ2v) is 13.8. The van der Waals surface area contributed by atoms with Crippen LogP contribution in [0.3, 0.4) is 0 Å². The maximum Gasteiger partial charge on any atom is 0.262 e. The summed E-state index contributed by atoms with van der Waals surface area (Å²) in [5, 5.41) is 15.1. The highest BCUT2D eigenvalue weighted by molar-refractivity contribution is 6.24. The van der Waals surface area contributed by atoms with E-state index in [1.807, 2.05) is 49.4 Å². The topological polar surface area (TPSA) is 174 Å². The van der Waals surface area contributed by atoms with Crippen molar-refractivity contribution in [3.63, 3.8) is 0 Å². The van der Waals surface area contributed by atoms with Gasteiger partial charge in [0.05, 0.1) is 22.5 Å². The Labute approximate surface area is 311 Å². The number of piperazine rings is 1. The zero-order valence-corrected chi connectivity index (χ0v) is 29.7. The molecule has 3 aromatic carbocycles. The number of hydrogen-bond acceptors (Lipinski definition) is 11. The molecule has 8 rings (SSSR count). The second kappa shape index (κ2) is 14.1. The summed E-state index contributed by atoms with van der Waals surface area (Å²) >= 11 is 0. The summed E-state index contributed by atoms with van der Waals surface area (Å²) in [6, 6.07) is 20.4. The van der Waals surface area contributed by atoms with Crippen molar-refractivity contribution in [3.8, 4) is 0 Å². The summed E-state index contributed by atoms with van der Waals surface area (Å²) < 4.78 is 0. The number of hydrogen-bond donors (Lipinski definition) is 3. The van der Waals surface area contributed by atoms with Crippen LogP contribution >= 0.6 is 0 Å². The van der Waals surface area contributed by atoms with Crippen LogP contribution in [-0.4, -0.2) is 82.9 Å². The molecule has 4 amide bonds. The van der Waals surface area contributed by atoms with Crippen LogP contribution in [-0.2, 0) is 16.0 Å². The number of aryl methyl sites for hydroxylation is 1. The highest BCUT2D eigenvalue weighted by Gasteiger charge is 2.45. The molecule has 13 nitrogen and oxygen atoms in total. The number of nitrogens with one attached hydrogen (secondary N) is 1. The molecule has 4 aliphatic rings. The standard InChI is InChI=1S/C41H38N8O5/c1-24-34(11-9-31-37(24)41(53)49(40(31)52)35-12-13-36(50)45-39(35)51)48-20-18-47(19-21-48)29-6-4-28(5-7-29)44-23-32(38(42)25-14-16-43-17-15-25)27-2-8-30-26(22-27)3-10-33(30)46-54/h2,4-9,11,14-17,22-23,35,54H,3,10,12-13,18-21,42H2,1H3,(H,45,50,51)/b38-32?,44-23?,46-33+. The van der Waals surface area contributed by atoms with Crippen LogP contribution in [0.4, 0.5) is 17.1 Å². The molecule has 4 heterocycles. The molecule has 3 aliphatic heterocycles. The van der Waals surface area contributed by atoms with Crippen molar-refractivity contribution >= 4 is 63.9 Å². The van der Waals surface area contributed by atoms with E-state index in [2.05, 4.69) is 43.5 Å². The van der Waals surface area contributed by atoms with Crippen LogP contribution in [0.25, 0.3) is 11.3 Å². The first-order valence-electron chi connectivity index (χ1n) is 18.0. The number of allylic oxidation sites excluding steroid dienone is 1. The molecule has 1 aromatic heterocycles. The molecular weight excluding hydrogens is 685 g/mol. The number of amides is 4. The van der Waals surface area contributed by atoms with Crippen molar-refractivity contribution in [2.45, 2.75) is 38.6 Å². The lowest BCUT2D eigenvalue weighted by atomic mass is 9.97. The fourth-order valence-electron chi connectivity index (χ4n) is 7.87. The van der Waals surface area contributed by atoms with Gasteiger partial charge in [-0.2, -0.15) is 0 Å². The summed E-state index contributed by atoms with van der Waals surface area (Å²) in [7, 11) is 0. The number of carbonyl (C=O) groups is 4. The molecule has 2 saturated heterocycles. The van der Waals surface area contributed by atoms with Gasteiger partial charge >= 0.3 is 0 Å². The predicted octanol–water partition coefficient (Wildman–Crippen LogP) is 4.47. The third-order valence-corrected chi connectivity index (χ3v) is 10.8. The number of nitrogens with zero attached hydrogens (tertiary/aromatic N) is 6. The van der Waals surface area contributed by atoms with E-state index in [0.29, 0.717) is 42.0 Å². The first-order chi connectivity index (χ1) is 26.2. The number of piperidine rings is 1. The molecule has 54 heavy (non-hydrogen) atoms. The van der Waals surface area contributed by atoms with Gasteiger partial charge in [-0.3, -0.25) is 39.4 Å². The monoisotopic (exact) mass is 722 g/mol. The van der Waals surface area contributed by atoms with Crippen molar-refractivity contribution in [1.82, 2.24) is 15.2 Å². The third-order valence-electron chi connectivity index (χ3n) is 10.8. The highest BCUT2D eigenvalue weighted by atomic mass is 16.4. The van der Waals surface area contributed by atoms with Gasteiger partial charge in [0.1, 0.15) is 6.04 Å². The summed E-state index contributed by atoms with van der Waals surface area (Å²) in [6.07, 6.45) is 6.88. The number of benzene rings is 3. The largest absolute Gasteiger partial charge is 0.411 e. The van der Waals surface area contributed by atoms with E-state index in [9.17, 15) is 24.4 Å². The summed E-state index contributed by atoms with van der Waals surface area (Å²) in [6.45, 7) is 4.73. The minimum atomic E-state index is -0.996. The Morgan fingerprint density at radius 3 is 2.30 bits per heavy atom. The molecule has 1 aliphatic carbocycles. The van der Waals surface area contributed by atoms with E-state index in [4.69, 9.17) is 10.7 Å². The number of imide groups is 2. The molecule has 2 fully saturated rings. The Morgan fingerprint density at radius 2 is 1.57 bits per heavy atom. The van der Waals surface area contributed by atoms with Gasteiger partial charge in [0.25, 0.3) is 11.8 Å². The third kappa shape index (κ3) is 6.16. The van der Waals surface area contributed by atoms with Crippen LogP contribution in [0, 0.1) is 6.92 Å². The Bertz CT molecular complexity index is 2290. The summed E-state index contributed by atoms with van der Waals surface area (Å²) in [5.41, 5.74) is 16.6. The van der Waals surface area contributed by atoms with Crippen molar-refractivity contribution in [2.24, 2.45) is 15.9 Å². The zero-order valence-electron chi connectivity index (χ0n) is 29.7. The minimum Gasteiger partial charge on any atom is -0.411 e. The van der Waals surface area contributed by atoms with E-state index in [1.165, 1.54) is 0 Å². The van der Waals surface area contributed by atoms with Crippen molar-refractivity contribution in [2.75, 3.05) is 36.0 Å². The number of aromatic nitrogens is 1. The smallest absolute Gasteiger partial charge is 0.262 e. The lowest BCUT2D eigenvalue weighted by molar-refractivity contribution is -0.136. The van der Waals surface area contributed by atoms with E-state index in [0.717, 1.165) is 69.3 Å². The van der Waals surface area contributed by atoms with Gasteiger partial charge in [0, 0.05) is 85.0 Å². The minimum absolute atomic E-state index is 0.0782. The number of fused-ring (bicyclic) bond motifs is 2. The van der Waals surface area contributed by atoms with Gasteiger partial charge in [-0.1, -0.05) is 23.4 Å². The number of nitrogens with two attached hydrogens (primary N) is 1. The van der Waals surface area contributed by atoms with Crippen molar-refractivity contribution in [3.05, 3.63) is 118 Å². The number of carbonyl (C=O) groups excluding carboxylic acids is 4. The fourth-order valence-corrected chi connectivity index (χ4v) is 7.87. The van der Waals surface area contributed by atoms with E-state index in [-0.39, 0.29) is 18.4 Å². The van der Waals surface area contributed by atoms with Crippen LogP contribution in [0.15, 0.2) is 89.3 Å². The summed E-state index contributed by atoms with van der Waals surface area (Å²) in [4.78, 5) is 65.5. The average Bonchev–Trinajstić information content (AvgIpc) is 3.72. The Morgan fingerprint density at radius 1 is 0.852 bits per heavy atom. The van der Waals surface area contributed by atoms with Gasteiger partial charge in [0.15, 0.2) is 0 Å². The van der Waals surface area contributed by atoms with Crippen LogP contribution < -0.4 is 20.9 Å². The Kier molecular flexibility index (Phi) is 8.98. The van der Waals surface area contributed by atoms with Crippen molar-refractivity contribution < 1.29 is 24.4 Å². The molecular formula is C41H38N8O5. The van der Waals surface area contributed by atoms with Gasteiger partial charge < -0.3 is 20.7 Å². The molecule has 4 N–H and O–H groups in total. The first-order valence-corrected chi connectivity index (χ1v) is 18.0. The molecule has 1 unspecified atom stereocenters. The average molecular weight is 723 g/mol. The molecule has 13 heteroatoms. The van der Waals surface area contributed by atoms with E-state index >= 15 is 0 Å². The Hall–Kier alpha value is -6.63. The second-order valence-electron chi connectivity index (χ2n) is 13.8. The molecule has 0 saturated carbocycles. The van der Waals surface area contributed by atoms with Gasteiger partial charge in [0.2, 0.25) is 11.8 Å². The molecule has 1 atom stereocenters. The molecule has 0 bridgehead atoms. The van der Waals surface area contributed by atoms with Crippen LogP contribution in [0.5, 0.6) is 0 Å². The van der Waals surface area contributed by atoms with Gasteiger partial charge in [-0.15, -0.1) is 0 Å². The SMILES string of the molecule is Cc1c(N2CCN(c3ccc(N=CC(=C(N)c4ccncc4)c4ccc5c(c4)CC/C5=N\O)cc3)CC2)ccc2c1C(=O)N(C1CCC(=O)NC1=O)C2=O. The van der Waals surface area contributed by atoms with E-state index < -0.39 is 29.7 Å². The predicted molar refractivity (Wildman–Crippen MR) is 205 cm³/mol. The fraction of sp³-hybridized carbons (Fsp3) is 0.244. The van der Waals surface area contributed by atoms with Gasteiger partial charge in [-0.25, -0.2) is 0 Å². The maximum atomic E-state index is 13.6. The number of pyridine rings is 1. The molecule has 0 radical (unpaired) electrons. The quantitative estimate of drug-likeness (QED) is 0.108. The highest BCUT2D eigenvalue weighted by Crippen LogP contribution is 2.35.